The molecule has 0 atom stereocenters. The van der Waals surface area contributed by atoms with Gasteiger partial charge in [0.05, 0.1) is 0 Å². The number of allylic oxidation sites excluding steroid dienone is 1. The average Bonchev–Trinajstić information content (AvgIpc) is 2.45. The van der Waals surface area contributed by atoms with E-state index in [1.165, 1.54) is 4.08 Å². The molecule has 2 rings (SSSR count). The molecule has 0 nitrogen and oxygen atoms in total. The first-order valence-electron chi connectivity index (χ1n) is 4.00. The first-order valence-corrected chi connectivity index (χ1v) is 6.33. The minimum atomic E-state index is -4.19. The molecule has 0 aliphatic carbocycles. The number of hydrogen-bond acceptors (Lipinski definition) is 0. The van der Waals surface area contributed by atoms with Gasteiger partial charge < -0.3 is 0 Å². The van der Waals surface area contributed by atoms with Crippen molar-refractivity contribution >= 4 is 5.57 Å². The Hall–Kier alpha value is -0.520. The second-order valence-electron chi connectivity index (χ2n) is 3.11. The van der Waals surface area contributed by atoms with Gasteiger partial charge in [0.15, 0.2) is 0 Å². The van der Waals surface area contributed by atoms with E-state index in [1.807, 2.05) is 13.0 Å². The molecule has 76 valence electrons. The average molecular weight is 311 g/mol. The van der Waals surface area contributed by atoms with E-state index in [1.54, 1.807) is 12.1 Å². The van der Waals surface area contributed by atoms with Crippen LogP contribution < -0.4 is 21.2 Å². The number of hydrogen-bond donors (Lipinski definition) is 0. The molecule has 0 spiro atoms. The van der Waals surface area contributed by atoms with Crippen LogP contribution in [0.25, 0.3) is 5.57 Å². The fourth-order valence-electron chi connectivity index (χ4n) is 1.32. The van der Waals surface area contributed by atoms with Gasteiger partial charge in [0.25, 0.3) is 0 Å². The molecule has 1 aromatic carbocycles. The third-order valence-corrected chi connectivity index (χ3v) is 4.50. The van der Waals surface area contributed by atoms with Gasteiger partial charge in [0.2, 0.25) is 0 Å². The summed E-state index contributed by atoms with van der Waals surface area (Å²) in [6, 6.07) is 5.17. The summed E-state index contributed by atoms with van der Waals surface area (Å²) in [4.78, 5) is 0. The fraction of sp³-hybridized carbons (Fsp3) is 0.200. The topological polar surface area (TPSA) is 0 Å². The number of fused-ring (bicyclic) bond motifs is 1. The van der Waals surface area contributed by atoms with Crippen molar-refractivity contribution in [1.29, 1.82) is 0 Å². The molecule has 0 N–H and O–H groups in total. The van der Waals surface area contributed by atoms with Gasteiger partial charge in [-0.2, -0.15) is 0 Å². The van der Waals surface area contributed by atoms with Crippen LogP contribution in [0.4, 0.5) is 13.2 Å². The molecule has 0 unspecified atom stereocenters. The second kappa shape index (κ2) is 3.25. The quantitative estimate of drug-likeness (QED) is 0.599. The normalized spacial score (nSPS) is 15.9. The Bertz CT molecular complexity index is 404. The Morgan fingerprint density at radius 1 is 1.21 bits per heavy atom. The molecular formula is C10H7F3I-. The molecule has 0 fully saturated rings. The van der Waals surface area contributed by atoms with Crippen molar-refractivity contribution in [2.75, 3.05) is 0 Å². The van der Waals surface area contributed by atoms with E-state index in [0.29, 0.717) is 5.56 Å². The van der Waals surface area contributed by atoms with Crippen molar-refractivity contribution in [1.82, 2.24) is 0 Å². The minimum absolute atomic E-state index is 0.385. The van der Waals surface area contributed by atoms with Gasteiger partial charge in [-0.25, -0.2) is 0 Å². The third kappa shape index (κ3) is 1.67. The summed E-state index contributed by atoms with van der Waals surface area (Å²) >= 11 is -0.582. The molecule has 0 amide bonds. The van der Waals surface area contributed by atoms with Crippen LogP contribution in [0.1, 0.15) is 11.1 Å². The summed E-state index contributed by atoms with van der Waals surface area (Å²) in [7, 11) is 0. The van der Waals surface area contributed by atoms with Crippen LogP contribution in [0.3, 0.4) is 0 Å². The zero-order valence-corrected chi connectivity index (χ0v) is 9.48. The van der Waals surface area contributed by atoms with Gasteiger partial charge in [0, 0.05) is 0 Å². The molecule has 1 aromatic rings. The van der Waals surface area contributed by atoms with E-state index in [9.17, 15) is 13.2 Å². The standard InChI is InChI=1S/C10H7F3I/c1-6-2-3-7-8(10(11,12)13)5-14-9(7)4-6/h2-5H,1H3/q-1. The van der Waals surface area contributed by atoms with Crippen molar-refractivity contribution in [3.05, 3.63) is 37.0 Å². The molecule has 4 heteroatoms. The molecule has 1 heterocycles. The van der Waals surface area contributed by atoms with Gasteiger partial charge in [-0.3, -0.25) is 0 Å². The van der Waals surface area contributed by atoms with Crippen LogP contribution in [-0.2, 0) is 0 Å². The van der Waals surface area contributed by atoms with Crippen LogP contribution in [0.15, 0.2) is 22.3 Å². The molecule has 0 saturated carbocycles. The number of halogens is 4. The van der Waals surface area contributed by atoms with Gasteiger partial charge >= 0.3 is 90.0 Å². The molecule has 0 saturated heterocycles. The van der Waals surface area contributed by atoms with Crippen molar-refractivity contribution in [3.63, 3.8) is 0 Å². The van der Waals surface area contributed by atoms with E-state index in [-0.39, 0.29) is 0 Å². The number of rotatable bonds is 0. The fourth-order valence-corrected chi connectivity index (χ4v) is 4.13. The van der Waals surface area contributed by atoms with Gasteiger partial charge in [0.1, 0.15) is 0 Å². The van der Waals surface area contributed by atoms with Crippen molar-refractivity contribution in [2.24, 2.45) is 0 Å². The molecular weight excluding hydrogens is 304 g/mol. The Balaban J connectivity index is 2.48. The summed E-state index contributed by atoms with van der Waals surface area (Å²) in [5.74, 6) is 0. The Kier molecular flexibility index (Phi) is 2.33. The first-order chi connectivity index (χ1) is 6.48. The number of benzene rings is 1. The predicted octanol–water partition coefficient (Wildman–Crippen LogP) is 0.170. The second-order valence-corrected chi connectivity index (χ2v) is 5.52. The maximum absolute atomic E-state index is 12.5. The van der Waals surface area contributed by atoms with Crippen LogP contribution in [-0.4, -0.2) is 6.18 Å². The van der Waals surface area contributed by atoms with E-state index in [4.69, 9.17) is 0 Å². The molecule has 0 aromatic heterocycles. The Morgan fingerprint density at radius 3 is 2.57 bits per heavy atom. The monoisotopic (exact) mass is 311 g/mol. The maximum atomic E-state index is 12.5. The van der Waals surface area contributed by atoms with Crippen molar-refractivity contribution < 1.29 is 34.4 Å². The first kappa shape index (κ1) is 10.0. The summed E-state index contributed by atoms with van der Waals surface area (Å²) in [6.45, 7) is 1.90. The van der Waals surface area contributed by atoms with E-state index < -0.39 is 33.0 Å². The van der Waals surface area contributed by atoms with Gasteiger partial charge in [-0.1, -0.05) is 0 Å². The molecule has 14 heavy (non-hydrogen) atoms. The van der Waals surface area contributed by atoms with E-state index in [2.05, 4.69) is 0 Å². The van der Waals surface area contributed by atoms with Crippen LogP contribution >= 0.6 is 0 Å². The van der Waals surface area contributed by atoms with Crippen LogP contribution in [0.2, 0.25) is 0 Å². The number of aryl methyl sites for hydroxylation is 1. The number of alkyl halides is 3. The van der Waals surface area contributed by atoms with Gasteiger partial charge in [-0.15, -0.1) is 0 Å². The molecule has 1 aliphatic rings. The predicted molar refractivity (Wildman–Crippen MR) is 43.9 cm³/mol. The third-order valence-electron chi connectivity index (χ3n) is 2.00. The Labute approximate surface area is 90.1 Å². The van der Waals surface area contributed by atoms with Crippen molar-refractivity contribution in [3.8, 4) is 0 Å². The van der Waals surface area contributed by atoms with E-state index >= 15 is 0 Å². The molecule has 0 bridgehead atoms. The van der Waals surface area contributed by atoms with Crippen LogP contribution in [0, 0.1) is 10.5 Å². The van der Waals surface area contributed by atoms with Crippen LogP contribution in [0.5, 0.6) is 0 Å². The molecule has 0 radical (unpaired) electrons. The summed E-state index contributed by atoms with van der Waals surface area (Å²) < 4.78 is 39.7. The summed E-state index contributed by atoms with van der Waals surface area (Å²) in [5.41, 5.74) is 0.969. The van der Waals surface area contributed by atoms with Crippen molar-refractivity contribution in [2.45, 2.75) is 13.1 Å². The SMILES string of the molecule is Cc1ccc2c(c1)[I-]C=C2C(F)(F)F. The summed E-state index contributed by atoms with van der Waals surface area (Å²) in [5, 5.41) is 0. The molecule has 1 aliphatic heterocycles. The van der Waals surface area contributed by atoms with Gasteiger partial charge in [-0.05, 0) is 0 Å². The zero-order valence-electron chi connectivity index (χ0n) is 7.32. The van der Waals surface area contributed by atoms with E-state index in [0.717, 1.165) is 9.13 Å². The Morgan fingerprint density at radius 2 is 1.93 bits per heavy atom. The zero-order chi connectivity index (χ0) is 10.3. The summed E-state index contributed by atoms with van der Waals surface area (Å²) in [6.07, 6.45) is -4.19.